The summed E-state index contributed by atoms with van der Waals surface area (Å²) in [6.45, 7) is 3.00. The predicted molar refractivity (Wildman–Crippen MR) is 81.0 cm³/mol. The summed E-state index contributed by atoms with van der Waals surface area (Å²) in [6.07, 6.45) is 3.13. The molecule has 1 atom stereocenters. The molecule has 1 fully saturated rings. The van der Waals surface area contributed by atoms with Crippen molar-refractivity contribution in [1.82, 2.24) is 5.32 Å². The number of anilines is 1. The highest BCUT2D eigenvalue weighted by Gasteiger charge is 2.17. The summed E-state index contributed by atoms with van der Waals surface area (Å²) >= 11 is 0. The molecule has 0 spiro atoms. The molecular formula is C14H20N2O4S. The third-order valence-electron chi connectivity index (χ3n) is 3.31. The van der Waals surface area contributed by atoms with Crippen molar-refractivity contribution in [1.29, 1.82) is 0 Å². The summed E-state index contributed by atoms with van der Waals surface area (Å²) in [4.78, 5) is 12.1. The van der Waals surface area contributed by atoms with Gasteiger partial charge in [0, 0.05) is 18.7 Å². The first-order chi connectivity index (χ1) is 9.85. The second-order valence-corrected chi connectivity index (χ2v) is 7.00. The number of benzene rings is 1. The summed E-state index contributed by atoms with van der Waals surface area (Å²) < 4.78 is 30.5. The second kappa shape index (κ2) is 6.44. The van der Waals surface area contributed by atoms with Crippen LogP contribution >= 0.6 is 0 Å². The number of hydrogen-bond acceptors (Lipinski definition) is 4. The molecule has 1 aliphatic heterocycles. The van der Waals surface area contributed by atoms with E-state index in [0.717, 1.165) is 31.3 Å². The summed E-state index contributed by atoms with van der Waals surface area (Å²) in [7, 11) is -3.37. The van der Waals surface area contributed by atoms with Crippen LogP contribution in [0.4, 0.5) is 5.69 Å². The Morgan fingerprint density at radius 3 is 2.81 bits per heavy atom. The molecule has 21 heavy (non-hydrogen) atoms. The van der Waals surface area contributed by atoms with Crippen LogP contribution in [-0.4, -0.2) is 39.8 Å². The lowest BCUT2D eigenvalue weighted by atomic mass is 10.1. The van der Waals surface area contributed by atoms with Crippen molar-refractivity contribution in [3.05, 3.63) is 29.3 Å². The smallest absolute Gasteiger partial charge is 0.251 e. The number of carbonyl (C=O) groups excluding carboxylic acids is 1. The van der Waals surface area contributed by atoms with Crippen LogP contribution in [0.15, 0.2) is 18.2 Å². The van der Waals surface area contributed by atoms with Crippen molar-refractivity contribution in [2.45, 2.75) is 25.9 Å². The van der Waals surface area contributed by atoms with Crippen LogP contribution in [0.1, 0.15) is 28.8 Å². The molecule has 1 aromatic carbocycles. The summed E-state index contributed by atoms with van der Waals surface area (Å²) in [6, 6.07) is 4.93. The fourth-order valence-corrected chi connectivity index (χ4v) is 2.81. The molecule has 1 heterocycles. The Morgan fingerprint density at radius 2 is 2.19 bits per heavy atom. The first kappa shape index (κ1) is 15.8. The topological polar surface area (TPSA) is 84.5 Å². The van der Waals surface area contributed by atoms with E-state index < -0.39 is 10.0 Å². The molecule has 6 nitrogen and oxygen atoms in total. The van der Waals surface area contributed by atoms with Gasteiger partial charge in [-0.15, -0.1) is 0 Å². The number of amides is 1. The van der Waals surface area contributed by atoms with Crippen LogP contribution in [-0.2, 0) is 14.8 Å². The fraction of sp³-hybridized carbons (Fsp3) is 0.500. The molecule has 7 heteroatoms. The van der Waals surface area contributed by atoms with E-state index in [0.29, 0.717) is 17.8 Å². The Balaban J connectivity index is 2.04. The van der Waals surface area contributed by atoms with E-state index >= 15 is 0 Å². The van der Waals surface area contributed by atoms with Gasteiger partial charge >= 0.3 is 0 Å². The number of rotatable bonds is 5. The molecule has 0 bridgehead atoms. The van der Waals surface area contributed by atoms with Gasteiger partial charge in [-0.05, 0) is 37.5 Å². The molecule has 116 valence electrons. The normalized spacial score (nSPS) is 18.5. The van der Waals surface area contributed by atoms with Crippen LogP contribution in [0.5, 0.6) is 0 Å². The average Bonchev–Trinajstić information content (AvgIpc) is 2.90. The third kappa shape index (κ3) is 4.71. The number of aryl methyl sites for hydroxylation is 1. The van der Waals surface area contributed by atoms with Crippen LogP contribution in [0.2, 0.25) is 0 Å². The molecule has 1 aromatic rings. The maximum Gasteiger partial charge on any atom is 0.251 e. The van der Waals surface area contributed by atoms with Crippen LogP contribution in [0.25, 0.3) is 0 Å². The highest BCUT2D eigenvalue weighted by molar-refractivity contribution is 7.92. The number of hydrogen-bond donors (Lipinski definition) is 2. The molecule has 1 amide bonds. The van der Waals surface area contributed by atoms with Crippen molar-refractivity contribution >= 4 is 21.6 Å². The van der Waals surface area contributed by atoms with Gasteiger partial charge in [0.05, 0.1) is 18.0 Å². The number of sulfonamides is 1. The van der Waals surface area contributed by atoms with Gasteiger partial charge in [-0.2, -0.15) is 0 Å². The second-order valence-electron chi connectivity index (χ2n) is 5.25. The van der Waals surface area contributed by atoms with Crippen LogP contribution in [0, 0.1) is 6.92 Å². The monoisotopic (exact) mass is 312 g/mol. The van der Waals surface area contributed by atoms with Gasteiger partial charge in [0.25, 0.3) is 5.91 Å². The standard InChI is InChI=1S/C14H20N2O4S/c1-10-5-6-11(8-13(10)16-21(2,18)19)14(17)15-9-12-4-3-7-20-12/h5-6,8,12,16H,3-4,7,9H2,1-2H3,(H,15,17). The van der Waals surface area contributed by atoms with Gasteiger partial charge in [-0.1, -0.05) is 6.07 Å². The lowest BCUT2D eigenvalue weighted by Crippen LogP contribution is -2.31. The molecular weight excluding hydrogens is 292 g/mol. The average molecular weight is 312 g/mol. The van der Waals surface area contributed by atoms with Crippen molar-refractivity contribution in [2.75, 3.05) is 24.1 Å². The van der Waals surface area contributed by atoms with E-state index in [4.69, 9.17) is 4.74 Å². The van der Waals surface area contributed by atoms with Gasteiger partial charge in [-0.3, -0.25) is 9.52 Å². The Labute approximate surface area is 124 Å². The van der Waals surface area contributed by atoms with Crippen molar-refractivity contribution < 1.29 is 17.9 Å². The molecule has 1 aliphatic rings. The molecule has 0 aromatic heterocycles. The van der Waals surface area contributed by atoms with Gasteiger partial charge < -0.3 is 10.1 Å². The van der Waals surface area contributed by atoms with Crippen LogP contribution < -0.4 is 10.0 Å². The fourth-order valence-electron chi connectivity index (χ4n) is 2.19. The van der Waals surface area contributed by atoms with E-state index in [1.54, 1.807) is 25.1 Å². The van der Waals surface area contributed by atoms with Crippen molar-refractivity contribution in [3.63, 3.8) is 0 Å². The number of nitrogens with one attached hydrogen (secondary N) is 2. The van der Waals surface area contributed by atoms with E-state index in [2.05, 4.69) is 10.0 Å². The molecule has 2 rings (SSSR count). The van der Waals surface area contributed by atoms with Gasteiger partial charge in [0.1, 0.15) is 0 Å². The maximum atomic E-state index is 12.1. The molecule has 0 aliphatic carbocycles. The van der Waals surface area contributed by atoms with Gasteiger partial charge in [-0.25, -0.2) is 8.42 Å². The van der Waals surface area contributed by atoms with E-state index in [1.165, 1.54) is 0 Å². The summed E-state index contributed by atoms with van der Waals surface area (Å²) in [5, 5.41) is 2.81. The Hall–Kier alpha value is -1.60. The van der Waals surface area contributed by atoms with E-state index in [-0.39, 0.29) is 12.0 Å². The maximum absolute atomic E-state index is 12.1. The largest absolute Gasteiger partial charge is 0.376 e. The third-order valence-corrected chi connectivity index (χ3v) is 3.90. The quantitative estimate of drug-likeness (QED) is 0.857. The van der Waals surface area contributed by atoms with E-state index in [1.807, 2.05) is 0 Å². The SMILES string of the molecule is Cc1ccc(C(=O)NCC2CCCO2)cc1NS(C)(=O)=O. The predicted octanol–water partition coefficient (Wildman–Crippen LogP) is 1.28. The molecule has 0 saturated carbocycles. The number of ether oxygens (including phenoxy) is 1. The minimum atomic E-state index is -3.37. The van der Waals surface area contributed by atoms with Crippen molar-refractivity contribution in [3.8, 4) is 0 Å². The first-order valence-corrected chi connectivity index (χ1v) is 8.72. The van der Waals surface area contributed by atoms with E-state index in [9.17, 15) is 13.2 Å². The lowest BCUT2D eigenvalue weighted by Gasteiger charge is -2.12. The summed E-state index contributed by atoms with van der Waals surface area (Å²) in [5.41, 5.74) is 1.60. The Bertz CT molecular complexity index is 622. The first-order valence-electron chi connectivity index (χ1n) is 6.83. The van der Waals surface area contributed by atoms with Crippen molar-refractivity contribution in [2.24, 2.45) is 0 Å². The molecule has 1 saturated heterocycles. The van der Waals surface area contributed by atoms with Gasteiger partial charge in [0.2, 0.25) is 10.0 Å². The zero-order valence-electron chi connectivity index (χ0n) is 12.2. The molecule has 2 N–H and O–H groups in total. The summed E-state index contributed by atoms with van der Waals surface area (Å²) in [5.74, 6) is -0.234. The lowest BCUT2D eigenvalue weighted by molar-refractivity contribution is 0.0858. The van der Waals surface area contributed by atoms with Gasteiger partial charge in [0.15, 0.2) is 0 Å². The minimum Gasteiger partial charge on any atom is -0.376 e. The highest BCUT2D eigenvalue weighted by Crippen LogP contribution is 2.18. The Kier molecular flexibility index (Phi) is 4.84. The molecule has 1 unspecified atom stereocenters. The highest BCUT2D eigenvalue weighted by atomic mass is 32.2. The molecule has 0 radical (unpaired) electrons. The Morgan fingerprint density at radius 1 is 1.43 bits per heavy atom. The minimum absolute atomic E-state index is 0.0769. The van der Waals surface area contributed by atoms with Crippen LogP contribution in [0.3, 0.4) is 0 Å². The number of carbonyl (C=O) groups is 1. The zero-order chi connectivity index (χ0) is 15.5. The zero-order valence-corrected chi connectivity index (χ0v) is 13.0.